The van der Waals surface area contributed by atoms with Gasteiger partial charge in [-0.1, -0.05) is 18.2 Å². The lowest BCUT2D eigenvalue weighted by molar-refractivity contribution is -0.117. The highest BCUT2D eigenvalue weighted by Crippen LogP contribution is 2.43. The topological polar surface area (TPSA) is 67.4 Å². The highest BCUT2D eigenvalue weighted by atomic mass is 16.4. The largest absolute Gasteiger partial charge is 0.423 e. The average Bonchev–Trinajstić information content (AvgIpc) is 3.33. The Morgan fingerprint density at radius 3 is 2.71 bits per heavy atom. The van der Waals surface area contributed by atoms with E-state index in [1.807, 2.05) is 48.4 Å². The van der Waals surface area contributed by atoms with Crippen molar-refractivity contribution < 1.29 is 9.21 Å². The third kappa shape index (κ3) is 3.00. The second kappa shape index (κ2) is 6.70. The van der Waals surface area contributed by atoms with Crippen LogP contribution in [0.1, 0.15) is 32.7 Å². The summed E-state index contributed by atoms with van der Waals surface area (Å²) in [6, 6.07) is 15.0. The molecule has 7 heteroatoms. The summed E-state index contributed by atoms with van der Waals surface area (Å²) in [5.74, 6) is 0.0280. The lowest BCUT2D eigenvalue weighted by Gasteiger charge is -2.40. The predicted octanol–water partition coefficient (Wildman–Crippen LogP) is 4.92. The lowest BCUT2D eigenvalue weighted by atomic mass is 10.0. The molecule has 6 rings (SSSR count). The number of hydrogen-bond donors (Lipinski definition) is 0. The second-order valence-corrected chi connectivity index (χ2v) is 8.46. The van der Waals surface area contributed by atoms with Crippen molar-refractivity contribution in [3.63, 3.8) is 0 Å². The lowest BCUT2D eigenvalue weighted by Crippen LogP contribution is -2.48. The zero-order valence-corrected chi connectivity index (χ0v) is 17.5. The molecular formula is C24H23N5O2. The van der Waals surface area contributed by atoms with Crippen molar-refractivity contribution in [2.24, 2.45) is 0 Å². The molecule has 0 saturated heterocycles. The molecule has 1 atom stereocenters. The minimum atomic E-state index is -0.0107. The number of amides is 1. The van der Waals surface area contributed by atoms with Gasteiger partial charge in [0.05, 0.1) is 29.7 Å². The van der Waals surface area contributed by atoms with E-state index in [1.54, 1.807) is 6.92 Å². The molecule has 0 bridgehead atoms. The number of benzene rings is 2. The molecule has 2 aromatic heterocycles. The van der Waals surface area contributed by atoms with Crippen molar-refractivity contribution >= 4 is 34.4 Å². The summed E-state index contributed by atoms with van der Waals surface area (Å²) in [6.45, 7) is 4.26. The molecule has 2 aromatic carbocycles. The van der Waals surface area contributed by atoms with Crippen LogP contribution in [0, 0.1) is 0 Å². The van der Waals surface area contributed by atoms with Gasteiger partial charge < -0.3 is 9.32 Å². The number of anilines is 3. The molecule has 1 amide bonds. The number of nitrogens with zero attached hydrogens (tertiary/aromatic N) is 5. The van der Waals surface area contributed by atoms with Gasteiger partial charge in [-0.15, -0.1) is 0 Å². The fraction of sp³-hybridized carbons (Fsp3) is 0.292. The van der Waals surface area contributed by atoms with Gasteiger partial charge in [-0.25, -0.2) is 0 Å². The van der Waals surface area contributed by atoms with Crippen LogP contribution in [-0.2, 0) is 4.79 Å². The number of oxazole rings is 1. The van der Waals surface area contributed by atoms with E-state index in [-0.39, 0.29) is 11.9 Å². The highest BCUT2D eigenvalue weighted by Gasteiger charge is 2.34. The van der Waals surface area contributed by atoms with Crippen molar-refractivity contribution in [3.8, 4) is 11.1 Å². The van der Waals surface area contributed by atoms with Crippen molar-refractivity contribution in [1.82, 2.24) is 14.8 Å². The maximum absolute atomic E-state index is 12.5. The molecule has 4 aromatic rings. The summed E-state index contributed by atoms with van der Waals surface area (Å²) in [4.78, 5) is 21.1. The number of fused-ring (bicyclic) bond motifs is 2. The Hall–Kier alpha value is -3.61. The van der Waals surface area contributed by atoms with Gasteiger partial charge in [-0.05, 0) is 49.6 Å². The Morgan fingerprint density at radius 2 is 1.94 bits per heavy atom. The van der Waals surface area contributed by atoms with E-state index in [0.717, 1.165) is 33.6 Å². The highest BCUT2D eigenvalue weighted by molar-refractivity contribution is 5.99. The SMILES string of the molecule is CC(=O)N1c2ccc(-c3cnn(C4CC4)c3)cc2N(c2nc3ccccc3o2)CC1C. The summed E-state index contributed by atoms with van der Waals surface area (Å²) >= 11 is 0. The Morgan fingerprint density at radius 1 is 1.10 bits per heavy atom. The van der Waals surface area contributed by atoms with Crippen LogP contribution >= 0.6 is 0 Å². The molecule has 3 heterocycles. The Bertz CT molecular complexity index is 1270. The number of para-hydroxylation sites is 2. The Balaban J connectivity index is 1.48. The standard InChI is InChI=1S/C24H23N5O2/c1-15-13-27(24-26-20-5-3-4-6-23(20)31-24)22-11-17(7-10-21(22)29(15)16(2)30)18-12-25-28(14-18)19-8-9-19/h3-7,10-12,14-15,19H,8-9,13H2,1-2H3. The van der Waals surface area contributed by atoms with Gasteiger partial charge in [0.2, 0.25) is 5.91 Å². The molecule has 1 aliphatic carbocycles. The van der Waals surface area contributed by atoms with Crippen molar-refractivity contribution in [1.29, 1.82) is 0 Å². The summed E-state index contributed by atoms with van der Waals surface area (Å²) in [5, 5.41) is 4.54. The molecular weight excluding hydrogens is 390 g/mol. The first-order valence-electron chi connectivity index (χ1n) is 10.7. The first-order valence-corrected chi connectivity index (χ1v) is 10.7. The van der Waals surface area contributed by atoms with Crippen LogP contribution in [0.5, 0.6) is 0 Å². The van der Waals surface area contributed by atoms with Crippen LogP contribution in [0.4, 0.5) is 17.4 Å². The zero-order chi connectivity index (χ0) is 21.1. The van der Waals surface area contributed by atoms with E-state index < -0.39 is 0 Å². The molecule has 1 aliphatic heterocycles. The third-order valence-corrected chi connectivity index (χ3v) is 6.12. The van der Waals surface area contributed by atoms with Gasteiger partial charge in [-0.3, -0.25) is 14.4 Å². The minimum Gasteiger partial charge on any atom is -0.423 e. The number of carbonyl (C=O) groups excluding carboxylic acids is 1. The molecule has 156 valence electrons. The predicted molar refractivity (Wildman–Crippen MR) is 120 cm³/mol. The van der Waals surface area contributed by atoms with Gasteiger partial charge in [0.1, 0.15) is 5.52 Å². The first-order chi connectivity index (χ1) is 15.1. The summed E-state index contributed by atoms with van der Waals surface area (Å²) in [6.07, 6.45) is 6.42. The molecule has 7 nitrogen and oxygen atoms in total. The molecule has 1 fully saturated rings. The zero-order valence-electron chi connectivity index (χ0n) is 17.5. The Kier molecular flexibility index (Phi) is 3.93. The number of carbonyl (C=O) groups is 1. The van der Waals surface area contributed by atoms with Crippen LogP contribution in [0.2, 0.25) is 0 Å². The molecule has 1 unspecified atom stereocenters. The number of hydrogen-bond acceptors (Lipinski definition) is 5. The molecule has 2 aliphatic rings. The summed E-state index contributed by atoms with van der Waals surface area (Å²) in [7, 11) is 0. The fourth-order valence-electron chi connectivity index (χ4n) is 4.47. The van der Waals surface area contributed by atoms with Gasteiger partial charge >= 0.3 is 6.01 Å². The van der Waals surface area contributed by atoms with Crippen LogP contribution in [-0.4, -0.2) is 33.3 Å². The maximum atomic E-state index is 12.5. The van der Waals surface area contributed by atoms with E-state index in [1.165, 1.54) is 12.8 Å². The number of aromatic nitrogens is 3. The Labute approximate surface area is 179 Å². The van der Waals surface area contributed by atoms with Crippen LogP contribution < -0.4 is 9.80 Å². The molecule has 0 spiro atoms. The number of rotatable bonds is 3. The van der Waals surface area contributed by atoms with Gasteiger partial charge in [0.15, 0.2) is 5.58 Å². The molecule has 1 saturated carbocycles. The van der Waals surface area contributed by atoms with E-state index in [4.69, 9.17) is 9.40 Å². The van der Waals surface area contributed by atoms with Crippen molar-refractivity contribution in [2.75, 3.05) is 16.3 Å². The third-order valence-electron chi connectivity index (χ3n) is 6.12. The quantitative estimate of drug-likeness (QED) is 0.477. The van der Waals surface area contributed by atoms with Gasteiger partial charge in [0, 0.05) is 25.2 Å². The second-order valence-electron chi connectivity index (χ2n) is 8.46. The summed E-state index contributed by atoms with van der Waals surface area (Å²) < 4.78 is 8.15. The van der Waals surface area contributed by atoms with Crippen molar-refractivity contribution in [2.45, 2.75) is 38.8 Å². The maximum Gasteiger partial charge on any atom is 0.303 e. The van der Waals surface area contributed by atoms with E-state index in [2.05, 4.69) is 33.0 Å². The summed E-state index contributed by atoms with van der Waals surface area (Å²) in [5.41, 5.74) is 5.48. The van der Waals surface area contributed by atoms with Gasteiger partial charge in [-0.2, -0.15) is 10.1 Å². The van der Waals surface area contributed by atoms with Crippen molar-refractivity contribution in [3.05, 3.63) is 54.9 Å². The van der Waals surface area contributed by atoms with E-state index in [0.29, 0.717) is 18.6 Å². The molecule has 0 N–H and O–H groups in total. The first kappa shape index (κ1) is 18.2. The monoisotopic (exact) mass is 413 g/mol. The van der Waals surface area contributed by atoms with Gasteiger partial charge in [0.25, 0.3) is 0 Å². The molecule has 0 radical (unpaired) electrons. The fourth-order valence-corrected chi connectivity index (χ4v) is 4.47. The van der Waals surface area contributed by atoms with E-state index >= 15 is 0 Å². The normalized spacial score (nSPS) is 18.5. The smallest absolute Gasteiger partial charge is 0.303 e. The average molecular weight is 413 g/mol. The molecule has 31 heavy (non-hydrogen) atoms. The van der Waals surface area contributed by atoms with E-state index in [9.17, 15) is 4.79 Å². The van der Waals surface area contributed by atoms with Crippen LogP contribution in [0.3, 0.4) is 0 Å². The van der Waals surface area contributed by atoms with Crippen LogP contribution in [0.25, 0.3) is 22.2 Å². The van der Waals surface area contributed by atoms with Crippen LogP contribution in [0.15, 0.2) is 59.3 Å². The minimum absolute atomic E-state index is 0.0107.